The SMILES string of the molecule is CN(O)C(c1ccccc1)P(c1ccccc1)c1ccccc1. The highest BCUT2D eigenvalue weighted by Gasteiger charge is 2.28. The summed E-state index contributed by atoms with van der Waals surface area (Å²) in [6.07, 6.45) is 0. The van der Waals surface area contributed by atoms with Gasteiger partial charge in [0.05, 0.1) is 5.78 Å². The largest absolute Gasteiger partial charge is 0.313 e. The Labute approximate surface area is 138 Å². The van der Waals surface area contributed by atoms with Crippen molar-refractivity contribution in [2.45, 2.75) is 5.78 Å². The maximum Gasteiger partial charge on any atom is 0.0873 e. The summed E-state index contributed by atoms with van der Waals surface area (Å²) in [5, 5.41) is 14.3. The van der Waals surface area contributed by atoms with Crippen LogP contribution in [0.2, 0.25) is 0 Å². The van der Waals surface area contributed by atoms with Gasteiger partial charge in [-0.25, -0.2) is 0 Å². The molecule has 3 aromatic carbocycles. The van der Waals surface area contributed by atoms with E-state index in [1.165, 1.54) is 15.7 Å². The van der Waals surface area contributed by atoms with Crippen molar-refractivity contribution in [3.05, 3.63) is 96.6 Å². The van der Waals surface area contributed by atoms with Gasteiger partial charge in [0, 0.05) is 7.05 Å². The van der Waals surface area contributed by atoms with Crippen molar-refractivity contribution >= 4 is 18.5 Å². The zero-order chi connectivity index (χ0) is 16.1. The van der Waals surface area contributed by atoms with Gasteiger partial charge in [0.2, 0.25) is 0 Å². The van der Waals surface area contributed by atoms with E-state index in [1.807, 2.05) is 30.3 Å². The Kier molecular flexibility index (Phi) is 5.19. The van der Waals surface area contributed by atoms with Crippen LogP contribution in [0.5, 0.6) is 0 Å². The second-order valence-electron chi connectivity index (χ2n) is 5.40. The maximum absolute atomic E-state index is 10.4. The van der Waals surface area contributed by atoms with Crippen molar-refractivity contribution in [3.63, 3.8) is 0 Å². The van der Waals surface area contributed by atoms with Crippen LogP contribution in [-0.4, -0.2) is 17.3 Å². The van der Waals surface area contributed by atoms with Crippen LogP contribution in [0.15, 0.2) is 91.0 Å². The normalized spacial score (nSPS) is 12.5. The summed E-state index contributed by atoms with van der Waals surface area (Å²) in [5.74, 6) is -0.0870. The summed E-state index contributed by atoms with van der Waals surface area (Å²) < 4.78 is 0. The highest BCUT2D eigenvalue weighted by Crippen LogP contribution is 2.50. The molecule has 0 bridgehead atoms. The Balaban J connectivity index is 2.13. The molecule has 1 atom stereocenters. The fourth-order valence-corrected chi connectivity index (χ4v) is 5.42. The molecular weight excluding hydrogens is 301 g/mol. The molecule has 0 radical (unpaired) electrons. The molecule has 3 rings (SSSR count). The first-order valence-corrected chi connectivity index (χ1v) is 9.04. The third-order valence-corrected chi connectivity index (χ3v) is 6.60. The van der Waals surface area contributed by atoms with E-state index >= 15 is 0 Å². The van der Waals surface area contributed by atoms with Gasteiger partial charge in [-0.1, -0.05) is 91.0 Å². The van der Waals surface area contributed by atoms with Gasteiger partial charge in [-0.05, 0) is 24.1 Å². The molecule has 0 amide bonds. The highest BCUT2D eigenvalue weighted by molar-refractivity contribution is 7.73. The lowest BCUT2D eigenvalue weighted by Gasteiger charge is -2.32. The highest BCUT2D eigenvalue weighted by atomic mass is 31.1. The Bertz CT molecular complexity index is 677. The topological polar surface area (TPSA) is 23.5 Å². The third kappa shape index (κ3) is 3.68. The zero-order valence-corrected chi connectivity index (χ0v) is 14.0. The standard InChI is InChI=1S/C20H20NOP/c1-21(22)20(17-11-5-2-6-12-17)23(18-13-7-3-8-14-18)19-15-9-4-10-16-19/h2-16,20,22H,1H3. The summed E-state index contributed by atoms with van der Waals surface area (Å²) >= 11 is 0. The molecule has 0 fully saturated rings. The first kappa shape index (κ1) is 15.9. The molecule has 2 nitrogen and oxygen atoms in total. The number of hydrogen-bond donors (Lipinski definition) is 1. The van der Waals surface area contributed by atoms with E-state index in [0.29, 0.717) is 0 Å². The fraction of sp³-hybridized carbons (Fsp3) is 0.100. The lowest BCUT2D eigenvalue weighted by molar-refractivity contribution is -0.0779. The summed E-state index contributed by atoms with van der Waals surface area (Å²) in [6, 6.07) is 31.1. The van der Waals surface area contributed by atoms with Gasteiger partial charge >= 0.3 is 0 Å². The molecule has 1 N–H and O–H groups in total. The molecule has 0 aromatic heterocycles. The van der Waals surface area contributed by atoms with Crippen LogP contribution in [0.4, 0.5) is 0 Å². The maximum atomic E-state index is 10.4. The van der Waals surface area contributed by atoms with E-state index in [0.717, 1.165) is 5.56 Å². The van der Waals surface area contributed by atoms with Crippen molar-refractivity contribution in [1.82, 2.24) is 5.06 Å². The predicted octanol–water partition coefficient (Wildman–Crippen LogP) is 4.14. The molecule has 3 heteroatoms. The van der Waals surface area contributed by atoms with E-state index in [4.69, 9.17) is 0 Å². The fourth-order valence-electron chi connectivity index (χ4n) is 2.77. The Morgan fingerprint density at radius 1 is 0.696 bits per heavy atom. The predicted molar refractivity (Wildman–Crippen MR) is 97.8 cm³/mol. The Hall–Kier alpha value is -1.99. The zero-order valence-electron chi connectivity index (χ0n) is 13.1. The van der Waals surface area contributed by atoms with E-state index in [9.17, 15) is 5.21 Å². The number of hydroxylamine groups is 2. The molecule has 0 aliphatic heterocycles. The van der Waals surface area contributed by atoms with Gasteiger partial charge in [0.15, 0.2) is 0 Å². The molecule has 0 spiro atoms. The summed E-state index contributed by atoms with van der Waals surface area (Å²) in [6.45, 7) is 0. The minimum absolute atomic E-state index is 0.0870. The quantitative estimate of drug-likeness (QED) is 0.564. The molecule has 0 heterocycles. The van der Waals surface area contributed by atoms with E-state index < -0.39 is 7.92 Å². The first-order valence-electron chi connectivity index (χ1n) is 7.63. The van der Waals surface area contributed by atoms with Crippen LogP contribution in [0.1, 0.15) is 11.3 Å². The van der Waals surface area contributed by atoms with Crippen LogP contribution < -0.4 is 10.6 Å². The molecule has 0 aliphatic carbocycles. The van der Waals surface area contributed by atoms with E-state index in [2.05, 4.69) is 60.7 Å². The Morgan fingerprint density at radius 3 is 1.48 bits per heavy atom. The van der Waals surface area contributed by atoms with Crippen molar-refractivity contribution in [2.75, 3.05) is 7.05 Å². The van der Waals surface area contributed by atoms with Crippen LogP contribution in [0.25, 0.3) is 0 Å². The minimum atomic E-state index is -0.754. The van der Waals surface area contributed by atoms with Crippen LogP contribution in [-0.2, 0) is 0 Å². The molecule has 1 unspecified atom stereocenters. The lowest BCUT2D eigenvalue weighted by Crippen LogP contribution is -2.27. The van der Waals surface area contributed by atoms with Crippen LogP contribution in [0, 0.1) is 0 Å². The van der Waals surface area contributed by atoms with Gasteiger partial charge < -0.3 is 5.21 Å². The van der Waals surface area contributed by atoms with Crippen LogP contribution in [0.3, 0.4) is 0 Å². The first-order chi connectivity index (χ1) is 11.3. The Morgan fingerprint density at radius 2 is 1.09 bits per heavy atom. The molecule has 0 aliphatic rings. The lowest BCUT2D eigenvalue weighted by atomic mass is 10.2. The summed E-state index contributed by atoms with van der Waals surface area (Å²) in [7, 11) is 0.981. The van der Waals surface area contributed by atoms with Gasteiger partial charge in [-0.2, -0.15) is 5.06 Å². The second kappa shape index (κ2) is 7.52. The average molecular weight is 321 g/mol. The molecule has 3 aromatic rings. The monoisotopic (exact) mass is 321 g/mol. The minimum Gasteiger partial charge on any atom is -0.313 e. The summed E-state index contributed by atoms with van der Waals surface area (Å²) in [4.78, 5) is 0. The van der Waals surface area contributed by atoms with Gasteiger partial charge in [-0.15, -0.1) is 0 Å². The van der Waals surface area contributed by atoms with Gasteiger partial charge in [0.25, 0.3) is 0 Å². The number of hydrogen-bond acceptors (Lipinski definition) is 2. The van der Waals surface area contributed by atoms with Crippen molar-refractivity contribution in [2.24, 2.45) is 0 Å². The number of rotatable bonds is 5. The van der Waals surface area contributed by atoms with Crippen LogP contribution >= 0.6 is 7.92 Å². The van der Waals surface area contributed by atoms with Gasteiger partial charge in [-0.3, -0.25) is 0 Å². The van der Waals surface area contributed by atoms with Crippen molar-refractivity contribution in [3.8, 4) is 0 Å². The smallest absolute Gasteiger partial charge is 0.0873 e. The van der Waals surface area contributed by atoms with Crippen molar-refractivity contribution < 1.29 is 5.21 Å². The number of benzene rings is 3. The third-order valence-electron chi connectivity index (χ3n) is 3.76. The summed E-state index contributed by atoms with van der Waals surface area (Å²) in [5.41, 5.74) is 1.12. The van der Waals surface area contributed by atoms with E-state index in [-0.39, 0.29) is 5.78 Å². The molecule has 0 saturated carbocycles. The van der Waals surface area contributed by atoms with Crippen molar-refractivity contribution in [1.29, 1.82) is 0 Å². The van der Waals surface area contributed by atoms with E-state index in [1.54, 1.807) is 7.05 Å². The molecular formula is C20H20NOP. The molecule has 23 heavy (non-hydrogen) atoms. The molecule has 0 saturated heterocycles. The van der Waals surface area contributed by atoms with Gasteiger partial charge in [0.1, 0.15) is 0 Å². The second-order valence-corrected chi connectivity index (χ2v) is 7.66. The number of nitrogens with zero attached hydrogens (tertiary/aromatic N) is 1. The molecule has 116 valence electrons. The average Bonchev–Trinajstić information content (AvgIpc) is 2.61.